The first kappa shape index (κ1) is 24.4. The average Bonchev–Trinajstić information content (AvgIpc) is 3.27. The molecule has 1 unspecified atom stereocenters. The molecule has 182 valence electrons. The van der Waals surface area contributed by atoms with E-state index in [0.717, 1.165) is 0 Å². The zero-order chi connectivity index (χ0) is 25.3. The molecule has 0 spiro atoms. The summed E-state index contributed by atoms with van der Waals surface area (Å²) < 4.78 is 24.8. The Morgan fingerprint density at radius 2 is 1.69 bits per heavy atom. The van der Waals surface area contributed by atoms with Gasteiger partial charge in [0.15, 0.2) is 15.5 Å². The van der Waals surface area contributed by atoms with Crippen molar-refractivity contribution in [2.24, 2.45) is 0 Å². The van der Waals surface area contributed by atoms with Gasteiger partial charge >= 0.3 is 0 Å². The molecule has 2 atom stereocenters. The fourth-order valence-electron chi connectivity index (χ4n) is 3.61. The van der Waals surface area contributed by atoms with Gasteiger partial charge in [-0.1, -0.05) is 24.3 Å². The number of rotatable bonds is 7. The summed E-state index contributed by atoms with van der Waals surface area (Å²) >= 11 is 0. The number of benzene rings is 2. The van der Waals surface area contributed by atoms with Crippen LogP contribution in [0.2, 0.25) is 0 Å². The minimum atomic E-state index is -3.39. The average molecular weight is 495 g/mol. The maximum Gasteiger partial charge on any atom is 0.255 e. The molecule has 35 heavy (non-hydrogen) atoms. The number of carbonyl (C=O) groups excluding carboxylic acids is 1. The number of aromatic amines is 1. The van der Waals surface area contributed by atoms with Crippen molar-refractivity contribution in [2.45, 2.75) is 43.1 Å². The predicted molar refractivity (Wildman–Crippen MR) is 132 cm³/mol. The summed E-state index contributed by atoms with van der Waals surface area (Å²) in [6, 6.07) is 11.9. The molecule has 0 aliphatic heterocycles. The Hall–Kier alpha value is -3.76. The van der Waals surface area contributed by atoms with Gasteiger partial charge in [0.2, 0.25) is 0 Å². The molecule has 2 heterocycles. The fraction of sp³-hybridized carbons (Fsp3) is 0.240. The zero-order valence-corrected chi connectivity index (χ0v) is 20.2. The molecule has 4 N–H and O–H groups in total. The molecule has 10 heteroatoms. The number of hydrogen-bond donors (Lipinski definition) is 4. The molecule has 0 aliphatic carbocycles. The lowest BCUT2D eigenvalue weighted by Gasteiger charge is -2.20. The van der Waals surface area contributed by atoms with E-state index in [-0.39, 0.29) is 16.2 Å². The van der Waals surface area contributed by atoms with E-state index >= 15 is 0 Å². The second-order valence-electron chi connectivity index (χ2n) is 8.57. The van der Waals surface area contributed by atoms with Crippen molar-refractivity contribution in [1.82, 2.24) is 20.3 Å². The molecule has 4 aromatic rings. The smallest absolute Gasteiger partial charge is 0.255 e. The normalized spacial score (nSPS) is 13.6. The molecular formula is C25H26N4O5S. The summed E-state index contributed by atoms with van der Waals surface area (Å²) in [7, 11) is -3.39. The first-order chi connectivity index (χ1) is 16.6. The van der Waals surface area contributed by atoms with Crippen molar-refractivity contribution in [3.8, 4) is 17.0 Å². The van der Waals surface area contributed by atoms with E-state index < -0.39 is 33.1 Å². The van der Waals surface area contributed by atoms with E-state index in [9.17, 15) is 23.4 Å². The number of carbonyl (C=O) groups is 1. The van der Waals surface area contributed by atoms with Gasteiger partial charge in [-0.15, -0.1) is 0 Å². The highest BCUT2D eigenvalue weighted by molar-refractivity contribution is 7.92. The molecule has 2 aromatic carbocycles. The molecule has 0 saturated heterocycles. The number of aromatic nitrogens is 3. The number of phenols is 1. The lowest BCUT2D eigenvalue weighted by molar-refractivity contribution is 0.0853. The summed E-state index contributed by atoms with van der Waals surface area (Å²) in [5, 5.41) is 22.2. The Morgan fingerprint density at radius 3 is 2.31 bits per heavy atom. The molecule has 0 aliphatic rings. The van der Waals surface area contributed by atoms with Crippen molar-refractivity contribution in [3.63, 3.8) is 0 Å². The van der Waals surface area contributed by atoms with Gasteiger partial charge in [0.1, 0.15) is 11.3 Å². The summed E-state index contributed by atoms with van der Waals surface area (Å²) in [6.45, 7) is 4.94. The SMILES string of the molecule is CC(C)S(=O)(=O)c1ccc(-c2cnc3[nH]cc(C(=O)N[C@H](C)C(O)c4ccc(O)cc4)c3n2)cc1. The van der Waals surface area contributed by atoms with Crippen molar-refractivity contribution in [3.05, 3.63) is 72.1 Å². The Kier molecular flexibility index (Phi) is 6.60. The van der Waals surface area contributed by atoms with Crippen LogP contribution in [-0.2, 0) is 9.84 Å². The second-order valence-corrected chi connectivity index (χ2v) is 11.1. The molecule has 0 radical (unpaired) electrons. The van der Waals surface area contributed by atoms with Gasteiger partial charge in [-0.2, -0.15) is 0 Å². The second kappa shape index (κ2) is 9.47. The Morgan fingerprint density at radius 1 is 1.03 bits per heavy atom. The third-order valence-electron chi connectivity index (χ3n) is 5.79. The van der Waals surface area contributed by atoms with E-state index in [2.05, 4.69) is 20.3 Å². The number of sulfone groups is 1. The van der Waals surface area contributed by atoms with Crippen LogP contribution >= 0.6 is 0 Å². The molecular weight excluding hydrogens is 468 g/mol. The molecule has 0 bridgehead atoms. The Labute approximate surface area is 202 Å². The van der Waals surface area contributed by atoms with Crippen molar-refractivity contribution >= 4 is 26.9 Å². The summed E-state index contributed by atoms with van der Waals surface area (Å²) in [4.78, 5) is 25.0. The number of H-pyrrole nitrogens is 1. The predicted octanol–water partition coefficient (Wildman–Crippen LogP) is 3.36. The molecule has 9 nitrogen and oxygen atoms in total. The minimum Gasteiger partial charge on any atom is -0.508 e. The topological polar surface area (TPSA) is 145 Å². The number of aliphatic hydroxyl groups excluding tert-OH is 1. The Balaban J connectivity index is 1.57. The van der Waals surface area contributed by atoms with Crippen LogP contribution in [-0.4, -0.2) is 50.8 Å². The van der Waals surface area contributed by atoms with Crippen LogP contribution < -0.4 is 5.32 Å². The largest absolute Gasteiger partial charge is 0.508 e. The van der Waals surface area contributed by atoms with E-state index in [1.807, 2.05) is 0 Å². The summed E-state index contributed by atoms with van der Waals surface area (Å²) in [5.41, 5.74) is 2.73. The highest BCUT2D eigenvalue weighted by Crippen LogP contribution is 2.25. The van der Waals surface area contributed by atoms with Gasteiger partial charge in [0, 0.05) is 11.8 Å². The quantitative estimate of drug-likeness (QED) is 0.308. The van der Waals surface area contributed by atoms with Crippen molar-refractivity contribution < 1.29 is 23.4 Å². The highest BCUT2D eigenvalue weighted by Gasteiger charge is 2.22. The maximum atomic E-state index is 13.0. The van der Waals surface area contributed by atoms with E-state index in [1.54, 1.807) is 51.2 Å². The van der Waals surface area contributed by atoms with Gasteiger partial charge in [0.25, 0.3) is 5.91 Å². The van der Waals surface area contributed by atoms with Gasteiger partial charge < -0.3 is 20.5 Å². The number of nitrogens with one attached hydrogen (secondary N) is 2. The highest BCUT2D eigenvalue weighted by atomic mass is 32.2. The van der Waals surface area contributed by atoms with Crippen molar-refractivity contribution in [1.29, 1.82) is 0 Å². The van der Waals surface area contributed by atoms with Crippen LogP contribution in [0, 0.1) is 0 Å². The number of amides is 1. The van der Waals surface area contributed by atoms with Crippen LogP contribution in [0.4, 0.5) is 0 Å². The minimum absolute atomic E-state index is 0.0852. The lowest BCUT2D eigenvalue weighted by atomic mass is 10.0. The number of aromatic hydroxyl groups is 1. The molecule has 4 rings (SSSR count). The number of hydrogen-bond acceptors (Lipinski definition) is 7. The van der Waals surface area contributed by atoms with Crippen LogP contribution in [0.5, 0.6) is 5.75 Å². The molecule has 0 fully saturated rings. The number of phenolic OH excluding ortho intramolecular Hbond substituents is 1. The van der Waals surface area contributed by atoms with Gasteiger partial charge in [-0.05, 0) is 50.6 Å². The number of fused-ring (bicyclic) bond motifs is 1. The van der Waals surface area contributed by atoms with Crippen LogP contribution in [0.25, 0.3) is 22.4 Å². The summed E-state index contributed by atoms with van der Waals surface area (Å²) in [6.07, 6.45) is 2.07. The van der Waals surface area contributed by atoms with Gasteiger partial charge in [-0.25, -0.2) is 18.4 Å². The molecule has 0 saturated carbocycles. The van der Waals surface area contributed by atoms with E-state index in [0.29, 0.717) is 28.0 Å². The van der Waals surface area contributed by atoms with Crippen LogP contribution in [0.3, 0.4) is 0 Å². The zero-order valence-electron chi connectivity index (χ0n) is 19.4. The standard InChI is InChI=1S/C25H26N4O5S/c1-14(2)35(33,34)19-10-6-16(7-11-19)21-13-27-24-22(29-21)20(12-26-24)25(32)28-15(3)23(31)17-4-8-18(30)9-5-17/h4-15,23,30-31H,1-3H3,(H,26,27)(H,28,32)/t15-,23?/m1/s1. The maximum absolute atomic E-state index is 13.0. The summed E-state index contributed by atoms with van der Waals surface area (Å²) in [5.74, 6) is -0.353. The molecule has 2 aromatic heterocycles. The monoisotopic (exact) mass is 494 g/mol. The number of nitrogens with zero attached hydrogens (tertiary/aromatic N) is 2. The first-order valence-electron chi connectivity index (χ1n) is 11.0. The third-order valence-corrected chi connectivity index (χ3v) is 7.96. The Bertz CT molecular complexity index is 1460. The number of aliphatic hydroxyl groups is 1. The van der Waals surface area contributed by atoms with Crippen LogP contribution in [0.1, 0.15) is 42.8 Å². The first-order valence-corrected chi connectivity index (χ1v) is 12.6. The van der Waals surface area contributed by atoms with E-state index in [4.69, 9.17) is 0 Å². The van der Waals surface area contributed by atoms with Crippen molar-refractivity contribution in [2.75, 3.05) is 0 Å². The molecule has 1 amide bonds. The van der Waals surface area contributed by atoms with Gasteiger partial charge in [0.05, 0.1) is 39.7 Å². The van der Waals surface area contributed by atoms with Gasteiger partial charge in [-0.3, -0.25) is 4.79 Å². The lowest BCUT2D eigenvalue weighted by Crippen LogP contribution is -2.37. The van der Waals surface area contributed by atoms with E-state index in [1.165, 1.54) is 30.5 Å². The third kappa shape index (κ3) is 4.89. The van der Waals surface area contributed by atoms with Crippen LogP contribution in [0.15, 0.2) is 65.8 Å². The fourth-order valence-corrected chi connectivity index (χ4v) is 4.67.